The van der Waals surface area contributed by atoms with Crippen LogP contribution in [-0.2, 0) is 16.0 Å². The molecule has 1 N–H and O–H groups in total. The fraction of sp³-hybridized carbons (Fsp3) is 0.467. The lowest BCUT2D eigenvalue weighted by Gasteiger charge is -2.12. The second kappa shape index (κ2) is 8.45. The average molecular weight is 246 g/mol. The van der Waals surface area contributed by atoms with Gasteiger partial charge in [0.1, 0.15) is 0 Å². The molecule has 1 radical (unpaired) electrons. The van der Waals surface area contributed by atoms with Crippen LogP contribution in [0.15, 0.2) is 30.3 Å². The summed E-state index contributed by atoms with van der Waals surface area (Å²) in [5.74, 6) is -0.0623. The van der Waals surface area contributed by atoms with Gasteiger partial charge in [0, 0.05) is 12.8 Å². The highest BCUT2D eigenvalue weighted by atomic mass is 16.2. The van der Waals surface area contributed by atoms with E-state index in [0.717, 1.165) is 24.8 Å². The van der Waals surface area contributed by atoms with E-state index in [-0.39, 0.29) is 5.91 Å². The predicted octanol–water partition coefficient (Wildman–Crippen LogP) is 2.40. The number of carbonyl (C=O) groups is 1. The molecule has 1 atom stereocenters. The summed E-state index contributed by atoms with van der Waals surface area (Å²) in [6.07, 6.45) is 5.88. The van der Waals surface area contributed by atoms with Crippen LogP contribution in [0.2, 0.25) is 0 Å². The number of carbonyl (C=O) groups excluding carboxylic acids is 2. The van der Waals surface area contributed by atoms with Gasteiger partial charge in [-0.15, -0.1) is 0 Å². The number of unbranched alkanes of at least 4 members (excludes halogenated alkanes) is 2. The van der Waals surface area contributed by atoms with Gasteiger partial charge in [-0.05, 0) is 12.0 Å². The third-order valence-electron chi connectivity index (χ3n) is 2.77. The van der Waals surface area contributed by atoms with Crippen LogP contribution < -0.4 is 5.32 Å². The first-order valence-corrected chi connectivity index (χ1v) is 6.47. The fourth-order valence-corrected chi connectivity index (χ4v) is 1.77. The van der Waals surface area contributed by atoms with Gasteiger partial charge in [-0.25, -0.2) is 0 Å². The third-order valence-corrected chi connectivity index (χ3v) is 2.77. The van der Waals surface area contributed by atoms with E-state index in [1.54, 1.807) is 0 Å². The minimum Gasteiger partial charge on any atom is -0.345 e. The Bertz CT molecular complexity index is 362. The maximum absolute atomic E-state index is 11.6. The van der Waals surface area contributed by atoms with Crippen LogP contribution in [0.3, 0.4) is 0 Å². The van der Waals surface area contributed by atoms with Crippen LogP contribution >= 0.6 is 0 Å². The number of rotatable bonds is 8. The Labute approximate surface area is 109 Å². The van der Waals surface area contributed by atoms with Crippen LogP contribution in [0, 0.1) is 0 Å². The Morgan fingerprint density at radius 2 is 2.00 bits per heavy atom. The first kappa shape index (κ1) is 14.4. The highest BCUT2D eigenvalue weighted by molar-refractivity contribution is 5.79. The van der Waals surface area contributed by atoms with Gasteiger partial charge in [0.2, 0.25) is 12.2 Å². The summed E-state index contributed by atoms with van der Waals surface area (Å²) >= 11 is 0. The molecule has 0 saturated carbocycles. The molecule has 1 aromatic carbocycles. The Morgan fingerprint density at radius 3 is 2.61 bits per heavy atom. The maximum Gasteiger partial charge on any atom is 0.223 e. The van der Waals surface area contributed by atoms with Gasteiger partial charge in [-0.3, -0.25) is 9.59 Å². The summed E-state index contributed by atoms with van der Waals surface area (Å²) in [6, 6.07) is 9.09. The van der Waals surface area contributed by atoms with E-state index in [1.165, 1.54) is 0 Å². The number of amides is 1. The molecule has 1 rings (SSSR count). The zero-order chi connectivity index (χ0) is 13.2. The highest BCUT2D eigenvalue weighted by Crippen LogP contribution is 2.03. The summed E-state index contributed by atoms with van der Waals surface area (Å²) in [6.45, 7) is 2.09. The van der Waals surface area contributed by atoms with E-state index in [2.05, 4.69) is 12.2 Å². The van der Waals surface area contributed by atoms with Crippen molar-refractivity contribution >= 4 is 12.2 Å². The molecule has 3 nitrogen and oxygen atoms in total. The summed E-state index contributed by atoms with van der Waals surface area (Å²) in [7, 11) is 0. The fourth-order valence-electron chi connectivity index (χ4n) is 1.77. The van der Waals surface area contributed by atoms with Crippen molar-refractivity contribution in [3.05, 3.63) is 35.9 Å². The Hall–Kier alpha value is -1.64. The normalized spacial score (nSPS) is 11.8. The van der Waals surface area contributed by atoms with Crippen molar-refractivity contribution in [2.75, 3.05) is 0 Å². The van der Waals surface area contributed by atoms with Crippen molar-refractivity contribution in [1.82, 2.24) is 5.32 Å². The van der Waals surface area contributed by atoms with Gasteiger partial charge in [0.15, 0.2) is 0 Å². The monoisotopic (exact) mass is 246 g/mol. The first-order chi connectivity index (χ1) is 8.76. The number of nitrogens with one attached hydrogen (secondary N) is 1. The predicted molar refractivity (Wildman–Crippen MR) is 71.9 cm³/mol. The van der Waals surface area contributed by atoms with Gasteiger partial charge in [-0.2, -0.15) is 0 Å². The SMILES string of the molecule is CCCCCC(=O)N[C@H]([C]=O)Cc1ccccc1. The lowest BCUT2D eigenvalue weighted by atomic mass is 10.1. The van der Waals surface area contributed by atoms with Crippen molar-refractivity contribution in [3.8, 4) is 0 Å². The molecular formula is C15H20NO2. The van der Waals surface area contributed by atoms with Gasteiger partial charge >= 0.3 is 0 Å². The minimum atomic E-state index is -0.540. The molecule has 0 aliphatic heterocycles. The molecule has 3 heteroatoms. The second-order valence-corrected chi connectivity index (χ2v) is 4.38. The van der Waals surface area contributed by atoms with Crippen LogP contribution in [0.25, 0.3) is 0 Å². The number of hydrogen-bond donors (Lipinski definition) is 1. The maximum atomic E-state index is 11.6. The summed E-state index contributed by atoms with van der Waals surface area (Å²) in [4.78, 5) is 22.4. The molecule has 0 heterocycles. The second-order valence-electron chi connectivity index (χ2n) is 4.38. The smallest absolute Gasteiger partial charge is 0.223 e. The highest BCUT2D eigenvalue weighted by Gasteiger charge is 2.12. The van der Waals surface area contributed by atoms with E-state index >= 15 is 0 Å². The van der Waals surface area contributed by atoms with Gasteiger partial charge in [0.05, 0.1) is 6.04 Å². The summed E-state index contributed by atoms with van der Waals surface area (Å²) in [5.41, 5.74) is 1.03. The first-order valence-electron chi connectivity index (χ1n) is 6.47. The Morgan fingerprint density at radius 1 is 1.28 bits per heavy atom. The van der Waals surface area contributed by atoms with Crippen molar-refractivity contribution in [2.24, 2.45) is 0 Å². The lowest BCUT2D eigenvalue weighted by molar-refractivity contribution is -0.121. The minimum absolute atomic E-state index is 0.0623. The molecule has 0 unspecified atom stereocenters. The molecule has 0 aliphatic rings. The largest absolute Gasteiger partial charge is 0.345 e. The molecule has 97 valence electrons. The zero-order valence-electron chi connectivity index (χ0n) is 10.8. The third kappa shape index (κ3) is 5.62. The Kier molecular flexibility index (Phi) is 6.77. The van der Waals surface area contributed by atoms with E-state index in [4.69, 9.17) is 0 Å². The van der Waals surface area contributed by atoms with E-state index in [1.807, 2.05) is 36.6 Å². The molecule has 0 saturated heterocycles. The van der Waals surface area contributed by atoms with Crippen LogP contribution in [0.5, 0.6) is 0 Å². The molecule has 0 aliphatic carbocycles. The summed E-state index contributed by atoms with van der Waals surface area (Å²) in [5, 5.41) is 2.71. The van der Waals surface area contributed by atoms with Crippen LogP contribution in [0.4, 0.5) is 0 Å². The van der Waals surface area contributed by atoms with Crippen molar-refractivity contribution in [2.45, 2.75) is 45.1 Å². The van der Waals surface area contributed by atoms with Crippen LogP contribution in [0.1, 0.15) is 38.2 Å². The van der Waals surface area contributed by atoms with E-state index in [9.17, 15) is 9.59 Å². The van der Waals surface area contributed by atoms with Crippen molar-refractivity contribution in [3.63, 3.8) is 0 Å². The molecule has 0 fully saturated rings. The van der Waals surface area contributed by atoms with E-state index < -0.39 is 6.04 Å². The number of hydrogen-bond acceptors (Lipinski definition) is 2. The average Bonchev–Trinajstić information content (AvgIpc) is 2.39. The van der Waals surface area contributed by atoms with Crippen molar-refractivity contribution in [1.29, 1.82) is 0 Å². The molecule has 18 heavy (non-hydrogen) atoms. The van der Waals surface area contributed by atoms with E-state index in [0.29, 0.717) is 12.8 Å². The topological polar surface area (TPSA) is 46.2 Å². The molecule has 0 spiro atoms. The molecule has 0 aromatic heterocycles. The molecule has 1 amide bonds. The van der Waals surface area contributed by atoms with Gasteiger partial charge in [0.25, 0.3) is 0 Å². The van der Waals surface area contributed by atoms with Gasteiger partial charge < -0.3 is 5.32 Å². The zero-order valence-corrected chi connectivity index (χ0v) is 10.8. The summed E-state index contributed by atoms with van der Waals surface area (Å²) < 4.78 is 0. The Balaban J connectivity index is 2.37. The van der Waals surface area contributed by atoms with Crippen LogP contribution in [-0.4, -0.2) is 18.2 Å². The quantitative estimate of drug-likeness (QED) is 0.716. The molecular weight excluding hydrogens is 226 g/mol. The number of benzene rings is 1. The van der Waals surface area contributed by atoms with Crippen molar-refractivity contribution < 1.29 is 9.59 Å². The lowest BCUT2D eigenvalue weighted by Crippen LogP contribution is -2.37. The standard InChI is InChI=1S/C15H20NO2/c1-2-3-5-10-15(18)16-14(12-17)11-13-8-6-4-7-9-13/h4,6-9,14H,2-3,5,10-11H2,1H3,(H,16,18)/t14-/m0/s1. The van der Waals surface area contributed by atoms with Gasteiger partial charge in [-0.1, -0.05) is 50.1 Å². The molecule has 1 aromatic rings. The molecule has 0 bridgehead atoms.